The summed E-state index contributed by atoms with van der Waals surface area (Å²) in [5.74, 6) is 0.466. The lowest BCUT2D eigenvalue weighted by molar-refractivity contribution is 0.304. The molecule has 1 aliphatic heterocycles. The molecule has 1 saturated heterocycles. The second kappa shape index (κ2) is 4.57. The Morgan fingerprint density at radius 2 is 2.24 bits per heavy atom. The number of fused-ring (bicyclic) bond motifs is 1. The van der Waals surface area contributed by atoms with Gasteiger partial charge < -0.3 is 5.32 Å². The van der Waals surface area contributed by atoms with Crippen molar-refractivity contribution in [3.63, 3.8) is 0 Å². The number of rotatable bonds is 1. The number of nitrogens with zero attached hydrogens (tertiary/aromatic N) is 1. The normalized spacial score (nSPS) is 28.4. The van der Waals surface area contributed by atoms with Crippen molar-refractivity contribution >= 4 is 5.57 Å². The van der Waals surface area contributed by atoms with Crippen LogP contribution in [-0.2, 0) is 0 Å². The van der Waals surface area contributed by atoms with Crippen LogP contribution in [0.5, 0.6) is 0 Å². The first-order valence-electron chi connectivity index (χ1n) is 6.39. The minimum atomic E-state index is -0.249. The van der Waals surface area contributed by atoms with Gasteiger partial charge in [0.1, 0.15) is 5.82 Å². The lowest BCUT2D eigenvalue weighted by Gasteiger charge is -2.37. The molecule has 0 saturated carbocycles. The second-order valence-electron chi connectivity index (χ2n) is 4.96. The maximum Gasteiger partial charge on any atom is 0.142 e. The van der Waals surface area contributed by atoms with E-state index in [9.17, 15) is 4.39 Å². The summed E-state index contributed by atoms with van der Waals surface area (Å²) in [4.78, 5) is 3.95. The summed E-state index contributed by atoms with van der Waals surface area (Å²) in [6.07, 6.45) is 10.2. The van der Waals surface area contributed by atoms with Crippen LogP contribution in [0.1, 0.15) is 31.2 Å². The Bertz CT molecular complexity index is 442. The lowest BCUT2D eigenvalue weighted by Crippen LogP contribution is -2.43. The van der Waals surface area contributed by atoms with Crippen LogP contribution in [0.15, 0.2) is 24.5 Å². The molecule has 2 unspecified atom stereocenters. The number of halogens is 1. The zero-order valence-corrected chi connectivity index (χ0v) is 9.82. The van der Waals surface area contributed by atoms with Gasteiger partial charge in [0.05, 0.1) is 6.20 Å². The van der Waals surface area contributed by atoms with E-state index in [1.807, 2.05) is 0 Å². The van der Waals surface area contributed by atoms with Crippen molar-refractivity contribution in [2.75, 3.05) is 6.54 Å². The molecule has 1 aliphatic carbocycles. The molecule has 2 atom stereocenters. The van der Waals surface area contributed by atoms with Crippen LogP contribution in [0, 0.1) is 11.7 Å². The number of allylic oxidation sites excluding steroid dienone is 1. The van der Waals surface area contributed by atoms with E-state index in [-0.39, 0.29) is 5.82 Å². The van der Waals surface area contributed by atoms with E-state index in [2.05, 4.69) is 16.4 Å². The molecule has 0 bridgehead atoms. The van der Waals surface area contributed by atoms with Gasteiger partial charge in [-0.25, -0.2) is 4.39 Å². The highest BCUT2D eigenvalue weighted by Gasteiger charge is 2.30. The van der Waals surface area contributed by atoms with E-state index >= 15 is 0 Å². The van der Waals surface area contributed by atoms with Crippen molar-refractivity contribution in [2.24, 2.45) is 5.92 Å². The van der Waals surface area contributed by atoms with Crippen molar-refractivity contribution < 1.29 is 4.39 Å². The Morgan fingerprint density at radius 3 is 3.12 bits per heavy atom. The first kappa shape index (κ1) is 10.9. The average molecular weight is 232 g/mol. The van der Waals surface area contributed by atoms with E-state index in [1.165, 1.54) is 31.0 Å². The topological polar surface area (TPSA) is 24.9 Å². The molecule has 0 spiro atoms. The van der Waals surface area contributed by atoms with Crippen molar-refractivity contribution in [1.82, 2.24) is 10.3 Å². The summed E-state index contributed by atoms with van der Waals surface area (Å²) in [7, 11) is 0. The van der Waals surface area contributed by atoms with Crippen LogP contribution >= 0.6 is 0 Å². The Morgan fingerprint density at radius 1 is 1.29 bits per heavy atom. The van der Waals surface area contributed by atoms with Crippen LogP contribution in [0.25, 0.3) is 5.57 Å². The fourth-order valence-corrected chi connectivity index (χ4v) is 3.08. The van der Waals surface area contributed by atoms with Crippen LogP contribution in [0.4, 0.5) is 4.39 Å². The van der Waals surface area contributed by atoms with Crippen molar-refractivity contribution in [2.45, 2.75) is 31.7 Å². The number of aromatic nitrogens is 1. The highest BCUT2D eigenvalue weighted by atomic mass is 19.1. The summed E-state index contributed by atoms with van der Waals surface area (Å²) in [5.41, 5.74) is 2.18. The maximum atomic E-state index is 13.2. The predicted molar refractivity (Wildman–Crippen MR) is 65.9 cm³/mol. The van der Waals surface area contributed by atoms with Crippen LogP contribution < -0.4 is 5.32 Å². The van der Waals surface area contributed by atoms with Crippen LogP contribution in [-0.4, -0.2) is 17.6 Å². The summed E-state index contributed by atoms with van der Waals surface area (Å²) in [6, 6.07) is 2.00. The third-order valence-corrected chi connectivity index (χ3v) is 3.86. The molecular weight excluding hydrogens is 215 g/mol. The number of pyridine rings is 1. The first-order valence-corrected chi connectivity index (χ1v) is 6.39. The molecule has 17 heavy (non-hydrogen) atoms. The van der Waals surface area contributed by atoms with E-state index in [0.717, 1.165) is 18.5 Å². The monoisotopic (exact) mass is 232 g/mol. The smallest absolute Gasteiger partial charge is 0.142 e. The van der Waals surface area contributed by atoms with E-state index in [0.29, 0.717) is 12.0 Å². The van der Waals surface area contributed by atoms with Crippen molar-refractivity contribution in [3.8, 4) is 0 Å². The second-order valence-corrected chi connectivity index (χ2v) is 4.96. The van der Waals surface area contributed by atoms with Gasteiger partial charge in [-0.1, -0.05) is 6.08 Å². The van der Waals surface area contributed by atoms with E-state index in [4.69, 9.17) is 0 Å². The molecule has 1 aromatic rings. The molecule has 2 aliphatic rings. The summed E-state index contributed by atoms with van der Waals surface area (Å²) >= 11 is 0. The highest BCUT2D eigenvalue weighted by molar-refractivity contribution is 5.70. The Balaban J connectivity index is 1.93. The van der Waals surface area contributed by atoms with Crippen molar-refractivity contribution in [3.05, 3.63) is 35.9 Å². The molecule has 0 radical (unpaired) electrons. The van der Waals surface area contributed by atoms with E-state index < -0.39 is 0 Å². The molecule has 1 fully saturated rings. The van der Waals surface area contributed by atoms with Crippen molar-refractivity contribution in [1.29, 1.82) is 0 Å². The summed E-state index contributed by atoms with van der Waals surface area (Å²) in [5, 5.41) is 3.57. The van der Waals surface area contributed by atoms with Crippen LogP contribution in [0.3, 0.4) is 0 Å². The minimum absolute atomic E-state index is 0.249. The molecule has 3 rings (SSSR count). The third-order valence-electron chi connectivity index (χ3n) is 3.86. The molecule has 2 heterocycles. The van der Waals surface area contributed by atoms with Gasteiger partial charge in [0.15, 0.2) is 0 Å². The first-order chi connectivity index (χ1) is 8.34. The van der Waals surface area contributed by atoms with Gasteiger partial charge in [0.2, 0.25) is 0 Å². The molecule has 1 N–H and O–H groups in total. The summed E-state index contributed by atoms with van der Waals surface area (Å²) < 4.78 is 13.2. The Labute approximate surface area is 101 Å². The largest absolute Gasteiger partial charge is 0.310 e. The summed E-state index contributed by atoms with van der Waals surface area (Å²) in [6.45, 7) is 1.07. The standard InChI is InChI=1S/C14H17FN2/c15-12-7-11(8-16-9-12)13-5-1-3-10-4-2-6-17-14(10)13/h5,7-10,14,17H,1-4,6H2. The fraction of sp³-hybridized carbons (Fsp3) is 0.500. The molecule has 0 amide bonds. The minimum Gasteiger partial charge on any atom is -0.310 e. The lowest BCUT2D eigenvalue weighted by atomic mass is 9.77. The molecule has 0 aromatic carbocycles. The molecule has 3 heteroatoms. The van der Waals surface area contributed by atoms with Gasteiger partial charge in [0.25, 0.3) is 0 Å². The quantitative estimate of drug-likeness (QED) is 0.805. The zero-order chi connectivity index (χ0) is 11.7. The van der Waals surface area contributed by atoms with Gasteiger partial charge in [-0.05, 0) is 49.8 Å². The number of nitrogens with one attached hydrogen (secondary N) is 1. The maximum absolute atomic E-state index is 13.2. The SMILES string of the molecule is Fc1cncc(C2=CCCC3CCCNC23)c1. The molecule has 90 valence electrons. The Kier molecular flexibility index (Phi) is 2.93. The molecule has 1 aromatic heterocycles. The highest BCUT2D eigenvalue weighted by Crippen LogP contribution is 2.35. The number of hydrogen-bond donors (Lipinski definition) is 1. The molecular formula is C14H17FN2. The predicted octanol–water partition coefficient (Wildman–Crippen LogP) is 2.77. The number of piperidine rings is 1. The van der Waals surface area contributed by atoms with Gasteiger partial charge >= 0.3 is 0 Å². The zero-order valence-electron chi connectivity index (χ0n) is 9.82. The van der Waals surface area contributed by atoms with Gasteiger partial charge in [-0.15, -0.1) is 0 Å². The van der Waals surface area contributed by atoms with Gasteiger partial charge in [0, 0.05) is 17.8 Å². The van der Waals surface area contributed by atoms with E-state index in [1.54, 1.807) is 12.3 Å². The average Bonchev–Trinajstić information content (AvgIpc) is 2.38. The number of hydrogen-bond acceptors (Lipinski definition) is 2. The fourth-order valence-electron chi connectivity index (χ4n) is 3.08. The molecule has 2 nitrogen and oxygen atoms in total. The Hall–Kier alpha value is -1.22. The third kappa shape index (κ3) is 2.12. The van der Waals surface area contributed by atoms with Gasteiger partial charge in [-0.2, -0.15) is 0 Å². The van der Waals surface area contributed by atoms with Crippen LogP contribution in [0.2, 0.25) is 0 Å². The van der Waals surface area contributed by atoms with Gasteiger partial charge in [-0.3, -0.25) is 4.98 Å².